The number of phenols is 1. The van der Waals surface area contributed by atoms with E-state index in [1.165, 1.54) is 24.3 Å². The number of aliphatic hydroxyl groups is 6. The van der Waals surface area contributed by atoms with E-state index >= 15 is 0 Å². The molecule has 38 heavy (non-hydrogen) atoms. The van der Waals surface area contributed by atoms with Crippen molar-refractivity contribution in [1.29, 1.82) is 0 Å². The molecule has 1 amide bonds. The second kappa shape index (κ2) is 11.7. The van der Waals surface area contributed by atoms with Crippen LogP contribution in [0, 0.1) is 11.8 Å². The second-order valence-electron chi connectivity index (χ2n) is 10.4. The minimum absolute atomic E-state index is 0.0153. The molecule has 0 unspecified atom stereocenters. The molecule has 3 aliphatic rings. The lowest BCUT2D eigenvalue weighted by molar-refractivity contribution is -0.139. The smallest absolute Gasteiger partial charge is 0.247 e. The highest BCUT2D eigenvalue weighted by Crippen LogP contribution is 2.42. The first-order valence-electron chi connectivity index (χ1n) is 12.9. The number of hydrogen-bond acceptors (Lipinski definition) is 10. The summed E-state index contributed by atoms with van der Waals surface area (Å²) in [6.07, 6.45) is -2.82. The lowest BCUT2D eigenvalue weighted by Crippen LogP contribution is -2.63. The average Bonchev–Trinajstić information content (AvgIpc) is 3.48. The molecular formula is C27H37NO10. The monoisotopic (exact) mass is 535 g/mol. The highest BCUT2D eigenvalue weighted by atomic mass is 16.7. The van der Waals surface area contributed by atoms with E-state index < -0.39 is 54.9 Å². The van der Waals surface area contributed by atoms with Crippen LogP contribution in [-0.4, -0.2) is 97.2 Å². The molecule has 1 aromatic carbocycles. The normalized spacial score (nSPS) is 37.7. The quantitative estimate of drug-likeness (QED) is 0.168. The number of phenolic OH excluding ortho intramolecular Hbond substituents is 1. The molecule has 1 heterocycles. The van der Waals surface area contributed by atoms with E-state index in [0.717, 1.165) is 19.3 Å². The number of benzene rings is 1. The lowest BCUT2D eigenvalue weighted by Gasteiger charge is -2.43. The third-order valence-electron chi connectivity index (χ3n) is 7.93. The zero-order valence-corrected chi connectivity index (χ0v) is 21.3. The molecule has 1 aliphatic heterocycles. The van der Waals surface area contributed by atoms with Gasteiger partial charge < -0.3 is 50.5 Å². The number of aliphatic hydroxyl groups excluding tert-OH is 6. The van der Waals surface area contributed by atoms with Gasteiger partial charge in [0.15, 0.2) is 11.5 Å². The summed E-state index contributed by atoms with van der Waals surface area (Å²) < 4.78 is 11.1. The number of ether oxygens (including phenoxy) is 2. The zero-order valence-electron chi connectivity index (χ0n) is 21.3. The number of aromatic hydroxyl groups is 1. The maximum Gasteiger partial charge on any atom is 0.247 e. The standard InChI is InChI=1S/C27H37NO10/c1-12(8-9-29)25-23(34)24(35)27(38-25)37-18-7-6-14(11-17(18)30)10-13(2)26(36)28-19-20(31)15-4-3-5-16(15)21(32)22(19)33/h6-8,10-11,15-16,19-25,27,29-35H,3-5,9H2,1-2H3,(H,28,36)/b12-8+,13-10+/t15-,16+,19+,20+,21+,22+,23+,24+,25-,27-/m1/s1. The molecule has 2 aliphatic carbocycles. The van der Waals surface area contributed by atoms with E-state index in [9.17, 15) is 35.4 Å². The van der Waals surface area contributed by atoms with Crippen molar-refractivity contribution in [2.24, 2.45) is 11.8 Å². The number of carbonyl (C=O) groups is 1. The summed E-state index contributed by atoms with van der Waals surface area (Å²) in [5, 5.41) is 74.4. The van der Waals surface area contributed by atoms with Crippen molar-refractivity contribution >= 4 is 12.0 Å². The number of nitrogens with one attached hydrogen (secondary N) is 1. The molecule has 210 valence electrons. The van der Waals surface area contributed by atoms with Gasteiger partial charge in [0.1, 0.15) is 24.4 Å². The summed E-state index contributed by atoms with van der Waals surface area (Å²) in [4.78, 5) is 12.8. The fourth-order valence-corrected chi connectivity index (χ4v) is 5.78. The van der Waals surface area contributed by atoms with Gasteiger partial charge in [-0.1, -0.05) is 18.6 Å². The average molecular weight is 536 g/mol. The van der Waals surface area contributed by atoms with Gasteiger partial charge in [-0.15, -0.1) is 0 Å². The molecule has 4 rings (SSSR count). The molecule has 0 aromatic heterocycles. The molecule has 1 saturated heterocycles. The topological polar surface area (TPSA) is 189 Å². The van der Waals surface area contributed by atoms with E-state index in [4.69, 9.17) is 14.6 Å². The van der Waals surface area contributed by atoms with Crippen molar-refractivity contribution in [3.63, 3.8) is 0 Å². The van der Waals surface area contributed by atoms with Crippen molar-refractivity contribution in [2.75, 3.05) is 6.61 Å². The Morgan fingerprint density at radius 3 is 2.37 bits per heavy atom. The fourth-order valence-electron chi connectivity index (χ4n) is 5.78. The first-order chi connectivity index (χ1) is 18.0. The Labute approximate surface area is 220 Å². The number of carbonyl (C=O) groups excluding carboxylic acids is 1. The van der Waals surface area contributed by atoms with Gasteiger partial charge in [-0.2, -0.15) is 0 Å². The van der Waals surface area contributed by atoms with E-state index in [-0.39, 0.29) is 35.5 Å². The predicted octanol–water partition coefficient (Wildman–Crippen LogP) is -0.443. The van der Waals surface area contributed by atoms with Gasteiger partial charge in [-0.25, -0.2) is 0 Å². The highest BCUT2D eigenvalue weighted by molar-refractivity contribution is 5.97. The van der Waals surface area contributed by atoms with Crippen molar-refractivity contribution in [2.45, 2.75) is 82.1 Å². The van der Waals surface area contributed by atoms with Gasteiger partial charge in [-0.3, -0.25) is 4.79 Å². The Morgan fingerprint density at radius 2 is 1.71 bits per heavy atom. The predicted molar refractivity (Wildman–Crippen MR) is 135 cm³/mol. The Bertz CT molecular complexity index is 1070. The van der Waals surface area contributed by atoms with Crippen molar-refractivity contribution in [3.8, 4) is 11.5 Å². The van der Waals surface area contributed by atoms with E-state index in [2.05, 4.69) is 5.32 Å². The minimum atomic E-state index is -1.39. The highest BCUT2D eigenvalue weighted by Gasteiger charge is 2.51. The number of hydrogen-bond donors (Lipinski definition) is 8. The summed E-state index contributed by atoms with van der Waals surface area (Å²) in [5.41, 5.74) is 1.22. The Kier molecular flexibility index (Phi) is 8.78. The third kappa shape index (κ3) is 5.59. The van der Waals surface area contributed by atoms with Crippen molar-refractivity contribution in [1.82, 2.24) is 5.32 Å². The van der Waals surface area contributed by atoms with Gasteiger partial charge in [-0.05, 0) is 67.9 Å². The molecule has 0 bridgehead atoms. The SMILES string of the molecule is C/C(=C\c1ccc(O[C@@H]2O[C@H](/C(C)=C/CO)[C@@H](O)[C@@H]2O)c(O)c1)C(=O)N[C@@H]1[C@H](O)[C@@H](O)[C@H]2CCC[C@H]2[C@@H]1O. The Balaban J connectivity index is 1.41. The number of rotatable bonds is 7. The largest absolute Gasteiger partial charge is 0.504 e. The molecule has 2 saturated carbocycles. The van der Waals surface area contributed by atoms with Gasteiger partial charge in [0.2, 0.25) is 12.2 Å². The minimum Gasteiger partial charge on any atom is -0.504 e. The molecular weight excluding hydrogens is 498 g/mol. The second-order valence-corrected chi connectivity index (χ2v) is 10.4. The molecule has 1 aromatic rings. The van der Waals surface area contributed by atoms with Crippen molar-refractivity contribution < 1.29 is 50.0 Å². The zero-order chi connectivity index (χ0) is 27.7. The van der Waals surface area contributed by atoms with Gasteiger partial charge in [0, 0.05) is 5.57 Å². The molecule has 0 radical (unpaired) electrons. The molecule has 11 nitrogen and oxygen atoms in total. The molecule has 8 N–H and O–H groups in total. The lowest BCUT2D eigenvalue weighted by atomic mass is 9.73. The Hall–Kier alpha value is -2.51. The van der Waals surface area contributed by atoms with Crippen LogP contribution in [0.2, 0.25) is 0 Å². The summed E-state index contributed by atoms with van der Waals surface area (Å²) in [6.45, 7) is 2.93. The van der Waals surface area contributed by atoms with Crippen LogP contribution in [0.5, 0.6) is 11.5 Å². The van der Waals surface area contributed by atoms with Crippen LogP contribution < -0.4 is 10.1 Å². The first-order valence-corrected chi connectivity index (χ1v) is 12.9. The first kappa shape index (κ1) is 28.5. The van der Waals surface area contributed by atoms with Crippen LogP contribution in [-0.2, 0) is 9.53 Å². The van der Waals surface area contributed by atoms with E-state index in [1.54, 1.807) is 19.9 Å². The molecule has 10 atom stereocenters. The number of fused-ring (bicyclic) bond motifs is 1. The maximum atomic E-state index is 12.8. The summed E-state index contributed by atoms with van der Waals surface area (Å²) in [6, 6.07) is 3.33. The third-order valence-corrected chi connectivity index (χ3v) is 7.93. The summed E-state index contributed by atoms with van der Waals surface area (Å²) >= 11 is 0. The van der Waals surface area contributed by atoms with Crippen LogP contribution >= 0.6 is 0 Å². The van der Waals surface area contributed by atoms with Crippen LogP contribution in [0.25, 0.3) is 6.08 Å². The van der Waals surface area contributed by atoms with E-state index in [0.29, 0.717) is 11.1 Å². The van der Waals surface area contributed by atoms with E-state index in [1.807, 2.05) is 0 Å². The van der Waals surface area contributed by atoms with Gasteiger partial charge in [0.25, 0.3) is 0 Å². The summed E-state index contributed by atoms with van der Waals surface area (Å²) in [7, 11) is 0. The van der Waals surface area contributed by atoms with Crippen LogP contribution in [0.1, 0.15) is 38.7 Å². The van der Waals surface area contributed by atoms with Gasteiger partial charge in [0.05, 0.1) is 24.9 Å². The van der Waals surface area contributed by atoms with Gasteiger partial charge >= 0.3 is 0 Å². The number of amides is 1. The van der Waals surface area contributed by atoms with Crippen LogP contribution in [0.3, 0.4) is 0 Å². The van der Waals surface area contributed by atoms with Crippen LogP contribution in [0.15, 0.2) is 35.4 Å². The van der Waals surface area contributed by atoms with Crippen LogP contribution in [0.4, 0.5) is 0 Å². The summed E-state index contributed by atoms with van der Waals surface area (Å²) in [5.74, 6) is -1.21. The van der Waals surface area contributed by atoms with Crippen molar-refractivity contribution in [3.05, 3.63) is 41.0 Å². The maximum absolute atomic E-state index is 12.8. The molecule has 11 heteroatoms. The Morgan fingerprint density at radius 1 is 1.03 bits per heavy atom. The fraction of sp³-hybridized carbons (Fsp3) is 0.593. The molecule has 0 spiro atoms. The molecule has 3 fully saturated rings.